The van der Waals surface area contributed by atoms with Gasteiger partial charge >= 0.3 is 11.9 Å². The van der Waals surface area contributed by atoms with Crippen LogP contribution in [0.15, 0.2) is 72.9 Å². The smallest absolute Gasteiger partial charge is 0.322 e. The highest BCUT2D eigenvalue weighted by molar-refractivity contribution is 5.80. The Morgan fingerprint density at radius 2 is 0.981 bits per heavy atom. The van der Waals surface area contributed by atoms with Crippen molar-refractivity contribution in [3.8, 4) is 0 Å². The van der Waals surface area contributed by atoms with Gasteiger partial charge in [0.1, 0.15) is 12.6 Å². The molecule has 1 amide bonds. The van der Waals surface area contributed by atoms with Crippen molar-refractivity contribution >= 4 is 17.8 Å². The highest BCUT2D eigenvalue weighted by Crippen LogP contribution is 2.15. The average molecular weight is 738 g/mol. The molecule has 0 fully saturated rings. The van der Waals surface area contributed by atoms with Gasteiger partial charge in [0.05, 0.1) is 0 Å². The van der Waals surface area contributed by atoms with E-state index in [0.29, 0.717) is 12.8 Å². The van der Waals surface area contributed by atoms with E-state index >= 15 is 0 Å². The minimum absolute atomic E-state index is 0.105. The second-order valence-corrected chi connectivity index (χ2v) is 14.2. The Balaban J connectivity index is 4.06. The summed E-state index contributed by atoms with van der Waals surface area (Å²) in [6, 6.07) is 0. The van der Waals surface area contributed by atoms with Gasteiger partial charge in [-0.05, 0) is 89.5 Å². The number of ether oxygens (including phenoxy) is 1. The first kappa shape index (κ1) is 49.9. The van der Waals surface area contributed by atoms with Gasteiger partial charge in [0.15, 0.2) is 0 Å². The molecule has 0 aromatic rings. The highest BCUT2D eigenvalue weighted by atomic mass is 16.5. The first-order chi connectivity index (χ1) is 26.0. The average Bonchev–Trinajstić information content (AvgIpc) is 3.14. The molecule has 0 rings (SSSR count). The Kier molecular flexibility index (Phi) is 39.1. The van der Waals surface area contributed by atoms with Crippen LogP contribution < -0.4 is 5.32 Å². The van der Waals surface area contributed by atoms with E-state index in [0.717, 1.165) is 83.5 Å². The minimum Gasteiger partial charge on any atom is -0.480 e. The fraction of sp³-hybridized carbons (Fsp3) is 0.681. The van der Waals surface area contributed by atoms with Crippen LogP contribution in [0.2, 0.25) is 0 Å². The number of amides is 1. The van der Waals surface area contributed by atoms with Crippen LogP contribution in [0.25, 0.3) is 0 Å². The van der Waals surface area contributed by atoms with Gasteiger partial charge in [-0.2, -0.15) is 0 Å². The van der Waals surface area contributed by atoms with Crippen molar-refractivity contribution in [3.05, 3.63) is 72.9 Å². The van der Waals surface area contributed by atoms with Crippen molar-refractivity contribution in [2.45, 2.75) is 200 Å². The normalized spacial score (nSPS) is 12.8. The van der Waals surface area contributed by atoms with E-state index < -0.39 is 5.97 Å². The summed E-state index contributed by atoms with van der Waals surface area (Å²) >= 11 is 0. The third-order valence-corrected chi connectivity index (χ3v) is 9.10. The number of hydrogen-bond acceptors (Lipinski definition) is 4. The number of unbranched alkanes of at least 4 members (excludes halogenated alkanes) is 17. The van der Waals surface area contributed by atoms with E-state index in [-0.39, 0.29) is 24.5 Å². The molecule has 0 saturated heterocycles. The zero-order valence-electron chi connectivity index (χ0n) is 34.1. The van der Waals surface area contributed by atoms with Gasteiger partial charge < -0.3 is 15.2 Å². The van der Waals surface area contributed by atoms with Crippen molar-refractivity contribution in [1.82, 2.24) is 5.32 Å². The maximum Gasteiger partial charge on any atom is 0.322 e. The first-order valence-corrected chi connectivity index (χ1v) is 21.6. The summed E-state index contributed by atoms with van der Waals surface area (Å²) in [5.41, 5.74) is 0. The summed E-state index contributed by atoms with van der Waals surface area (Å²) in [6.07, 6.45) is 56.2. The van der Waals surface area contributed by atoms with Crippen molar-refractivity contribution in [1.29, 1.82) is 0 Å². The van der Waals surface area contributed by atoms with Gasteiger partial charge in [-0.25, -0.2) is 0 Å². The summed E-state index contributed by atoms with van der Waals surface area (Å²) < 4.78 is 5.89. The lowest BCUT2D eigenvalue weighted by molar-refractivity contribution is -0.147. The number of esters is 1. The van der Waals surface area contributed by atoms with Crippen LogP contribution in [-0.2, 0) is 19.1 Å². The summed E-state index contributed by atoms with van der Waals surface area (Å²) in [5, 5.41) is 11.1. The molecule has 53 heavy (non-hydrogen) atoms. The van der Waals surface area contributed by atoms with Crippen LogP contribution in [0.5, 0.6) is 0 Å². The zero-order chi connectivity index (χ0) is 38.7. The van der Waals surface area contributed by atoms with Gasteiger partial charge in [0, 0.05) is 12.8 Å². The van der Waals surface area contributed by atoms with Gasteiger partial charge in [0.2, 0.25) is 5.91 Å². The summed E-state index contributed by atoms with van der Waals surface area (Å²) in [5.74, 6) is -1.36. The van der Waals surface area contributed by atoms with Crippen LogP contribution in [0.1, 0.15) is 194 Å². The molecule has 1 atom stereocenters. The van der Waals surface area contributed by atoms with E-state index in [1.54, 1.807) is 0 Å². The van der Waals surface area contributed by atoms with Crippen LogP contribution in [-0.4, -0.2) is 35.6 Å². The Labute approximate surface area is 325 Å². The van der Waals surface area contributed by atoms with Crippen LogP contribution in [0.4, 0.5) is 0 Å². The minimum atomic E-state index is -1.03. The van der Waals surface area contributed by atoms with Gasteiger partial charge in [-0.3, -0.25) is 14.4 Å². The van der Waals surface area contributed by atoms with E-state index in [1.165, 1.54) is 83.5 Å². The van der Waals surface area contributed by atoms with E-state index in [9.17, 15) is 14.4 Å². The molecule has 0 radical (unpaired) electrons. The van der Waals surface area contributed by atoms with Crippen molar-refractivity contribution in [2.75, 3.05) is 6.54 Å². The SMILES string of the molecule is CC/C=C\C/C=C\C/C=C\C/C=C\CCCCCCCCCCCCC(=O)OC(/C=C\C/C=C\CCCCCC)CCCCCCC(=O)NCC(=O)O. The van der Waals surface area contributed by atoms with E-state index in [1.807, 2.05) is 6.08 Å². The third kappa shape index (κ3) is 41.5. The topological polar surface area (TPSA) is 92.7 Å². The Morgan fingerprint density at radius 3 is 1.53 bits per heavy atom. The Morgan fingerprint density at radius 1 is 0.528 bits per heavy atom. The molecule has 0 aromatic heterocycles. The molecule has 6 nitrogen and oxygen atoms in total. The molecule has 0 aromatic carbocycles. The predicted octanol–water partition coefficient (Wildman–Crippen LogP) is 13.4. The molecule has 0 aliphatic carbocycles. The number of carboxylic acids is 1. The molecule has 0 bridgehead atoms. The lowest BCUT2D eigenvalue weighted by Gasteiger charge is -2.14. The third-order valence-electron chi connectivity index (χ3n) is 9.10. The fourth-order valence-corrected chi connectivity index (χ4v) is 5.92. The largest absolute Gasteiger partial charge is 0.480 e. The monoisotopic (exact) mass is 738 g/mol. The number of carbonyl (C=O) groups excluding carboxylic acids is 2. The molecule has 0 spiro atoms. The van der Waals surface area contributed by atoms with Gasteiger partial charge in [-0.1, -0.05) is 164 Å². The molecule has 6 heteroatoms. The molecule has 0 heterocycles. The van der Waals surface area contributed by atoms with Crippen molar-refractivity contribution in [3.63, 3.8) is 0 Å². The number of nitrogens with one attached hydrogen (secondary N) is 1. The summed E-state index contributed by atoms with van der Waals surface area (Å²) in [4.78, 5) is 35.0. The van der Waals surface area contributed by atoms with Crippen LogP contribution in [0, 0.1) is 0 Å². The lowest BCUT2D eigenvalue weighted by atomic mass is 10.0. The van der Waals surface area contributed by atoms with Crippen LogP contribution in [0.3, 0.4) is 0 Å². The zero-order valence-corrected chi connectivity index (χ0v) is 34.1. The maximum absolute atomic E-state index is 12.7. The Bertz CT molecular complexity index is 1040. The molecule has 0 aliphatic rings. The summed E-state index contributed by atoms with van der Waals surface area (Å²) in [7, 11) is 0. The molecule has 0 aliphatic heterocycles. The van der Waals surface area contributed by atoms with Crippen LogP contribution >= 0.6 is 0 Å². The van der Waals surface area contributed by atoms with Gasteiger partial charge in [-0.15, -0.1) is 0 Å². The van der Waals surface area contributed by atoms with E-state index in [2.05, 4.69) is 86.0 Å². The number of hydrogen-bond donors (Lipinski definition) is 2. The molecule has 2 N–H and O–H groups in total. The van der Waals surface area contributed by atoms with Crippen molar-refractivity contribution < 1.29 is 24.2 Å². The molecular weight excluding hydrogens is 659 g/mol. The Hall–Kier alpha value is -3.15. The maximum atomic E-state index is 12.7. The second kappa shape index (κ2) is 41.6. The lowest BCUT2D eigenvalue weighted by Crippen LogP contribution is -2.28. The highest BCUT2D eigenvalue weighted by Gasteiger charge is 2.12. The number of allylic oxidation sites excluding steroid dienone is 11. The van der Waals surface area contributed by atoms with Crippen molar-refractivity contribution in [2.24, 2.45) is 0 Å². The van der Waals surface area contributed by atoms with Gasteiger partial charge in [0.25, 0.3) is 0 Å². The number of carboxylic acid groups (broad SMARTS) is 1. The second-order valence-electron chi connectivity index (χ2n) is 14.2. The molecule has 302 valence electrons. The number of rotatable bonds is 38. The van der Waals surface area contributed by atoms with E-state index in [4.69, 9.17) is 9.84 Å². The standard InChI is InChI=1S/C47H79NO5/c1-3-5-7-9-11-13-14-15-16-17-18-19-20-21-22-23-24-25-26-28-30-32-38-42-47(52)53-44(39-35-31-29-27-12-10-8-6-4-2)40-36-33-34-37-41-45(49)48-43-46(50)51/h5,7,11,13,15-16,18-19,27,29,35,39,44H,3-4,6,8-10,12,14,17,20-26,28,30-34,36-38,40-43H2,1-2H3,(H,48,49)(H,50,51)/b7-5-,13-11-,16-15-,19-18-,29-27-,39-35-. The first-order valence-electron chi connectivity index (χ1n) is 21.6. The molecular formula is C47H79NO5. The molecule has 1 unspecified atom stereocenters. The summed E-state index contributed by atoms with van der Waals surface area (Å²) in [6.45, 7) is 4.06. The fourth-order valence-electron chi connectivity index (χ4n) is 5.92. The number of carbonyl (C=O) groups is 3. The predicted molar refractivity (Wildman–Crippen MR) is 226 cm³/mol. The molecule has 0 saturated carbocycles. The quantitative estimate of drug-likeness (QED) is 0.0374. The number of aliphatic carboxylic acids is 1.